The Balaban J connectivity index is 0.830. The second-order valence-corrected chi connectivity index (χ2v) is 16.9. The number of ether oxygens (including phenoxy) is 1. The third-order valence-electron chi connectivity index (χ3n) is 11.4. The topological polar surface area (TPSA) is 175 Å². The summed E-state index contributed by atoms with van der Waals surface area (Å²) in [6.45, 7) is 17.6. The minimum absolute atomic E-state index is 0.0199. The van der Waals surface area contributed by atoms with E-state index >= 15 is 0 Å². The quantitative estimate of drug-likeness (QED) is 0.107. The number of piperazine rings is 1. The van der Waals surface area contributed by atoms with Crippen molar-refractivity contribution < 1.29 is 23.6 Å². The summed E-state index contributed by atoms with van der Waals surface area (Å²) in [6, 6.07) is 22.0. The highest BCUT2D eigenvalue weighted by molar-refractivity contribution is 6.06. The summed E-state index contributed by atoms with van der Waals surface area (Å²) in [4.78, 5) is 52.2. The molecule has 6 aromatic rings. The highest BCUT2D eigenvalue weighted by Crippen LogP contribution is 2.33. The van der Waals surface area contributed by atoms with E-state index in [-0.39, 0.29) is 35.1 Å². The number of aromatic nitrogens is 5. The number of hydrogen-bond acceptors (Lipinski definition) is 11. The molecular weight excluding hydrogens is 773 g/mol. The van der Waals surface area contributed by atoms with Crippen molar-refractivity contribution in [3.63, 3.8) is 0 Å². The molecule has 0 radical (unpaired) electrons. The molecule has 15 nitrogen and oxygen atoms in total. The number of benzene rings is 3. The zero-order valence-electron chi connectivity index (χ0n) is 35.5. The number of imide groups is 1. The van der Waals surface area contributed by atoms with Crippen molar-refractivity contribution >= 4 is 40.3 Å². The van der Waals surface area contributed by atoms with Crippen LogP contribution in [-0.2, 0) is 10.2 Å². The van der Waals surface area contributed by atoms with Gasteiger partial charge in [0.25, 0.3) is 11.7 Å². The summed E-state index contributed by atoms with van der Waals surface area (Å²) < 4.78 is 11.4. The molecule has 3 aromatic carbocycles. The van der Waals surface area contributed by atoms with Crippen LogP contribution in [0, 0.1) is 13.8 Å². The highest BCUT2D eigenvalue weighted by atomic mass is 16.5. The number of nitrogens with one attached hydrogen (secondary N) is 3. The first kappa shape index (κ1) is 41.1. The lowest BCUT2D eigenvalue weighted by atomic mass is 9.97. The van der Waals surface area contributed by atoms with Crippen LogP contribution in [0.25, 0.3) is 33.4 Å². The number of nitrogens with zero attached hydrogens (tertiary/aromatic N) is 7. The molecule has 2 fully saturated rings. The molecule has 3 aromatic heterocycles. The summed E-state index contributed by atoms with van der Waals surface area (Å²) >= 11 is 0. The van der Waals surface area contributed by atoms with E-state index in [4.69, 9.17) is 9.26 Å². The summed E-state index contributed by atoms with van der Waals surface area (Å²) in [5.41, 5.74) is 9.16. The zero-order valence-corrected chi connectivity index (χ0v) is 35.5. The molecule has 0 aliphatic carbocycles. The molecule has 2 aliphatic rings. The number of aromatic amines is 1. The van der Waals surface area contributed by atoms with Gasteiger partial charge in [0.1, 0.15) is 5.75 Å². The third kappa shape index (κ3) is 9.11. The maximum atomic E-state index is 12.9. The van der Waals surface area contributed by atoms with E-state index in [1.165, 1.54) is 5.69 Å². The Kier molecular flexibility index (Phi) is 11.6. The van der Waals surface area contributed by atoms with Gasteiger partial charge in [0, 0.05) is 85.2 Å². The van der Waals surface area contributed by atoms with E-state index in [0.717, 1.165) is 95.0 Å². The number of aryl methyl sites for hydroxylation is 2. The van der Waals surface area contributed by atoms with Gasteiger partial charge >= 0.3 is 6.03 Å². The van der Waals surface area contributed by atoms with Crippen LogP contribution in [0.1, 0.15) is 79.8 Å². The van der Waals surface area contributed by atoms with Crippen molar-refractivity contribution in [3.05, 3.63) is 101 Å². The number of amides is 4. The van der Waals surface area contributed by atoms with Crippen LogP contribution in [0.3, 0.4) is 0 Å². The molecule has 15 heteroatoms. The number of anilines is 2. The maximum absolute atomic E-state index is 12.9. The summed E-state index contributed by atoms with van der Waals surface area (Å²) in [7, 11) is 0. The lowest BCUT2D eigenvalue weighted by Gasteiger charge is -2.36. The summed E-state index contributed by atoms with van der Waals surface area (Å²) in [5, 5.41) is 17.9. The smallest absolute Gasteiger partial charge is 0.328 e. The van der Waals surface area contributed by atoms with Gasteiger partial charge in [-0.15, -0.1) is 0 Å². The van der Waals surface area contributed by atoms with Crippen LogP contribution in [0.15, 0.2) is 77.4 Å². The zero-order chi connectivity index (χ0) is 42.8. The summed E-state index contributed by atoms with van der Waals surface area (Å²) in [6.07, 6.45) is 3.07. The van der Waals surface area contributed by atoms with Crippen molar-refractivity contribution in [2.24, 2.45) is 0 Å². The van der Waals surface area contributed by atoms with Gasteiger partial charge in [-0.25, -0.2) is 9.78 Å². The SMILES string of the molecule is Cc1cc(-c2[nH]nc3ncc(-c4ccc(N5CCN(CCCOc6ccc(N7CCC(=O)NC7=O)c(C)c6)CC5)cc4)cc23)ccc1[C@@H](C)NC(=O)c1noc(C(C)(C)C)n1. The fourth-order valence-electron chi connectivity index (χ4n) is 7.94. The van der Waals surface area contributed by atoms with Crippen molar-refractivity contribution in [2.45, 2.75) is 65.8 Å². The van der Waals surface area contributed by atoms with Crippen LogP contribution in [0.5, 0.6) is 5.75 Å². The van der Waals surface area contributed by atoms with Crippen LogP contribution in [0.2, 0.25) is 0 Å². The van der Waals surface area contributed by atoms with Gasteiger partial charge in [0.2, 0.25) is 11.8 Å². The van der Waals surface area contributed by atoms with Crippen molar-refractivity contribution in [1.29, 1.82) is 0 Å². The van der Waals surface area contributed by atoms with E-state index in [1.807, 2.05) is 78.1 Å². The van der Waals surface area contributed by atoms with Gasteiger partial charge in [-0.1, -0.05) is 50.2 Å². The van der Waals surface area contributed by atoms with Gasteiger partial charge in [0.15, 0.2) is 5.65 Å². The molecule has 0 unspecified atom stereocenters. The first-order valence-corrected chi connectivity index (χ1v) is 20.8. The van der Waals surface area contributed by atoms with E-state index < -0.39 is 0 Å². The second-order valence-electron chi connectivity index (χ2n) is 16.9. The van der Waals surface area contributed by atoms with E-state index in [1.54, 1.807) is 4.90 Å². The Morgan fingerprint density at radius 2 is 1.69 bits per heavy atom. The molecule has 1 atom stereocenters. The molecule has 0 bridgehead atoms. The molecule has 5 heterocycles. The lowest BCUT2D eigenvalue weighted by Crippen LogP contribution is -2.49. The number of H-pyrrole nitrogens is 1. The van der Waals surface area contributed by atoms with E-state index in [2.05, 4.69) is 82.2 Å². The van der Waals surface area contributed by atoms with E-state index in [0.29, 0.717) is 31.1 Å². The summed E-state index contributed by atoms with van der Waals surface area (Å²) in [5.74, 6) is 0.584. The van der Waals surface area contributed by atoms with Crippen molar-refractivity contribution in [2.75, 3.05) is 55.7 Å². The highest BCUT2D eigenvalue weighted by Gasteiger charge is 2.27. The molecule has 8 rings (SSSR count). The number of urea groups is 1. The molecule has 2 aliphatic heterocycles. The van der Waals surface area contributed by atoms with Crippen LogP contribution in [0.4, 0.5) is 16.2 Å². The fourth-order valence-corrected chi connectivity index (χ4v) is 7.94. The largest absolute Gasteiger partial charge is 0.494 e. The maximum Gasteiger partial charge on any atom is 0.328 e. The number of pyridine rings is 1. The average molecular weight is 825 g/mol. The minimum Gasteiger partial charge on any atom is -0.494 e. The van der Waals surface area contributed by atoms with Crippen molar-refractivity contribution in [3.8, 4) is 28.1 Å². The number of rotatable bonds is 12. The Hall–Kier alpha value is -6.61. The Morgan fingerprint density at radius 3 is 2.39 bits per heavy atom. The van der Waals surface area contributed by atoms with Gasteiger partial charge in [0.05, 0.1) is 18.3 Å². The van der Waals surface area contributed by atoms with Gasteiger partial charge < -0.3 is 19.5 Å². The molecule has 3 N–H and O–H groups in total. The van der Waals surface area contributed by atoms with Gasteiger partial charge in [-0.2, -0.15) is 10.1 Å². The van der Waals surface area contributed by atoms with Crippen molar-refractivity contribution in [1.82, 2.24) is 40.9 Å². The number of fused-ring (bicyclic) bond motifs is 1. The molecule has 61 heavy (non-hydrogen) atoms. The Bertz CT molecular complexity index is 2570. The normalized spacial score (nSPS) is 15.6. The number of hydrogen-bond donors (Lipinski definition) is 3. The Labute approximate surface area is 354 Å². The van der Waals surface area contributed by atoms with Crippen LogP contribution in [-0.4, -0.2) is 93.9 Å². The second kappa shape index (κ2) is 17.2. The fraction of sp³-hybridized carbons (Fsp3) is 0.370. The predicted octanol–water partition coefficient (Wildman–Crippen LogP) is 7.12. The predicted molar refractivity (Wildman–Crippen MR) is 234 cm³/mol. The molecule has 2 saturated heterocycles. The van der Waals surface area contributed by atoms with Crippen LogP contribution >= 0.6 is 0 Å². The number of carbonyl (C=O) groups excluding carboxylic acids is 3. The lowest BCUT2D eigenvalue weighted by molar-refractivity contribution is -0.120. The molecular formula is C46H52N10O5. The molecule has 4 amide bonds. The third-order valence-corrected chi connectivity index (χ3v) is 11.4. The molecule has 0 saturated carbocycles. The first-order chi connectivity index (χ1) is 29.3. The molecule has 0 spiro atoms. The van der Waals surface area contributed by atoms with E-state index in [9.17, 15) is 14.4 Å². The monoisotopic (exact) mass is 824 g/mol. The molecule has 316 valence electrons. The Morgan fingerprint density at radius 1 is 0.918 bits per heavy atom. The van der Waals surface area contributed by atoms with Crippen LogP contribution < -0.4 is 25.2 Å². The minimum atomic E-state index is -0.386. The number of carbonyl (C=O) groups is 3. The standard InChI is InChI=1S/C46H52N10O5/c1-28-24-32(10-14-36(28)30(3)48-43(58)42-50-44(61-53-42)46(4,5)6)40-37-26-33(27-47-41(37)52-51-40)31-8-11-34(12-9-31)55-21-19-54(20-22-55)17-7-23-60-35-13-15-38(29(2)25-35)56-18-16-39(57)49-45(56)59/h8-15,24-27,30H,7,16-23H2,1-6H3,(H,48,58)(H,47,51,52)(H,49,57,59)/t30-/m1/s1. The average Bonchev–Trinajstić information content (AvgIpc) is 3.92. The van der Waals surface area contributed by atoms with Gasteiger partial charge in [-0.05, 0) is 91.9 Å². The first-order valence-electron chi connectivity index (χ1n) is 20.8. The van der Waals surface area contributed by atoms with Gasteiger partial charge in [-0.3, -0.25) is 29.8 Å².